The number of hydrogen-bond donors (Lipinski definition) is 0. The SMILES string of the molecule is CCCOC(=O)N1CCN(C(=O)c2ccc3c(Cl)c(C)c(-c4ccccc4)nc3c2)C[C@@H]1C. The lowest BCUT2D eigenvalue weighted by atomic mass is 10.0. The van der Waals surface area contributed by atoms with E-state index in [0.29, 0.717) is 42.3 Å². The molecule has 1 saturated heterocycles. The molecule has 0 unspecified atom stereocenters. The summed E-state index contributed by atoms with van der Waals surface area (Å²) in [6.45, 7) is 7.62. The lowest BCUT2D eigenvalue weighted by Gasteiger charge is -2.39. The molecule has 1 aliphatic heterocycles. The van der Waals surface area contributed by atoms with Crippen LogP contribution in [0.1, 0.15) is 36.2 Å². The topological polar surface area (TPSA) is 62.7 Å². The van der Waals surface area contributed by atoms with Crippen LogP contribution in [0.4, 0.5) is 4.79 Å². The van der Waals surface area contributed by atoms with Crippen LogP contribution in [0.5, 0.6) is 0 Å². The Hall–Kier alpha value is -3.12. The highest BCUT2D eigenvalue weighted by molar-refractivity contribution is 6.36. The van der Waals surface area contributed by atoms with Gasteiger partial charge in [0.25, 0.3) is 5.91 Å². The lowest BCUT2D eigenvalue weighted by molar-refractivity contribution is 0.0412. The number of carbonyl (C=O) groups excluding carboxylic acids is 2. The summed E-state index contributed by atoms with van der Waals surface area (Å²) >= 11 is 6.68. The van der Waals surface area contributed by atoms with Gasteiger partial charge in [0.05, 0.1) is 22.8 Å². The minimum absolute atomic E-state index is 0.0786. The molecule has 0 bridgehead atoms. The van der Waals surface area contributed by atoms with Crippen molar-refractivity contribution in [2.75, 3.05) is 26.2 Å². The summed E-state index contributed by atoms with van der Waals surface area (Å²) in [5.41, 5.74) is 3.95. The van der Waals surface area contributed by atoms with E-state index >= 15 is 0 Å². The number of pyridine rings is 1. The fourth-order valence-corrected chi connectivity index (χ4v) is 4.45. The molecule has 1 aromatic heterocycles. The van der Waals surface area contributed by atoms with Gasteiger partial charge in [0.15, 0.2) is 0 Å². The fourth-order valence-electron chi connectivity index (χ4n) is 4.20. The Balaban J connectivity index is 1.58. The number of fused-ring (bicyclic) bond motifs is 1. The number of benzene rings is 2. The Morgan fingerprint density at radius 3 is 2.61 bits per heavy atom. The third kappa shape index (κ3) is 4.67. The van der Waals surface area contributed by atoms with Crippen LogP contribution in [0, 0.1) is 6.92 Å². The predicted molar refractivity (Wildman–Crippen MR) is 131 cm³/mol. The molecule has 0 aliphatic carbocycles. The third-order valence-electron chi connectivity index (χ3n) is 6.02. The summed E-state index contributed by atoms with van der Waals surface area (Å²) in [6.07, 6.45) is 0.467. The zero-order chi connectivity index (χ0) is 23.5. The second-order valence-electron chi connectivity index (χ2n) is 8.41. The van der Waals surface area contributed by atoms with E-state index in [1.54, 1.807) is 15.9 Å². The maximum absolute atomic E-state index is 13.3. The standard InChI is InChI=1S/C26H28ClN3O3/c1-4-14-33-26(32)30-13-12-29(16-17(30)2)25(31)20-10-11-21-22(15-20)28-24(18(3)23(21)27)19-8-6-5-7-9-19/h5-11,15,17H,4,12-14,16H2,1-3H3/t17-/m0/s1. The van der Waals surface area contributed by atoms with E-state index in [4.69, 9.17) is 21.3 Å². The monoisotopic (exact) mass is 465 g/mol. The first kappa shape index (κ1) is 23.1. The molecule has 0 spiro atoms. The van der Waals surface area contributed by atoms with Crippen molar-refractivity contribution >= 4 is 34.5 Å². The van der Waals surface area contributed by atoms with Crippen LogP contribution >= 0.6 is 11.6 Å². The van der Waals surface area contributed by atoms with Crippen molar-refractivity contribution in [3.63, 3.8) is 0 Å². The van der Waals surface area contributed by atoms with Crippen molar-refractivity contribution in [1.29, 1.82) is 0 Å². The summed E-state index contributed by atoms with van der Waals surface area (Å²) in [7, 11) is 0. The number of halogens is 1. The van der Waals surface area contributed by atoms with E-state index in [-0.39, 0.29) is 18.0 Å². The Kier molecular flexibility index (Phi) is 6.84. The van der Waals surface area contributed by atoms with Gasteiger partial charge in [0, 0.05) is 42.2 Å². The molecule has 4 rings (SSSR count). The highest BCUT2D eigenvalue weighted by Gasteiger charge is 2.31. The molecule has 1 atom stereocenters. The number of amides is 2. The molecular weight excluding hydrogens is 438 g/mol. The largest absolute Gasteiger partial charge is 0.449 e. The summed E-state index contributed by atoms with van der Waals surface area (Å²) < 4.78 is 5.26. The van der Waals surface area contributed by atoms with E-state index in [2.05, 4.69) is 0 Å². The first-order valence-electron chi connectivity index (χ1n) is 11.3. The smallest absolute Gasteiger partial charge is 0.410 e. The van der Waals surface area contributed by atoms with Gasteiger partial charge in [-0.15, -0.1) is 0 Å². The molecule has 2 amide bonds. The number of ether oxygens (including phenoxy) is 1. The van der Waals surface area contributed by atoms with Gasteiger partial charge in [0.1, 0.15) is 0 Å². The number of aromatic nitrogens is 1. The second kappa shape index (κ2) is 9.79. The van der Waals surface area contributed by atoms with Crippen molar-refractivity contribution in [3.05, 3.63) is 64.7 Å². The van der Waals surface area contributed by atoms with Gasteiger partial charge in [-0.25, -0.2) is 9.78 Å². The normalized spacial score (nSPS) is 16.2. The van der Waals surface area contributed by atoms with E-state index in [9.17, 15) is 9.59 Å². The highest BCUT2D eigenvalue weighted by Crippen LogP contribution is 2.33. The van der Waals surface area contributed by atoms with Crippen LogP contribution in [0.25, 0.3) is 22.2 Å². The van der Waals surface area contributed by atoms with Crippen molar-refractivity contribution < 1.29 is 14.3 Å². The lowest BCUT2D eigenvalue weighted by Crippen LogP contribution is -2.55. The molecule has 1 fully saturated rings. The van der Waals surface area contributed by atoms with Gasteiger partial charge < -0.3 is 14.5 Å². The predicted octanol–water partition coefficient (Wildman–Crippen LogP) is 5.56. The Morgan fingerprint density at radius 2 is 1.91 bits per heavy atom. The molecule has 2 heterocycles. The van der Waals surface area contributed by atoms with Crippen molar-refractivity contribution in [2.24, 2.45) is 0 Å². The molecule has 1 aliphatic rings. The van der Waals surface area contributed by atoms with Gasteiger partial charge in [-0.05, 0) is 38.0 Å². The Bertz CT molecular complexity index is 1180. The summed E-state index contributed by atoms with van der Waals surface area (Å²) in [5.74, 6) is -0.0786. The van der Waals surface area contributed by atoms with E-state index < -0.39 is 0 Å². The third-order valence-corrected chi connectivity index (χ3v) is 6.51. The molecule has 172 valence electrons. The first-order chi connectivity index (χ1) is 15.9. The van der Waals surface area contributed by atoms with Gasteiger partial charge in [-0.1, -0.05) is 54.9 Å². The van der Waals surface area contributed by atoms with Crippen molar-refractivity contribution in [1.82, 2.24) is 14.8 Å². The average molecular weight is 466 g/mol. The number of hydrogen-bond acceptors (Lipinski definition) is 4. The van der Waals surface area contributed by atoms with Gasteiger partial charge >= 0.3 is 6.09 Å². The maximum atomic E-state index is 13.3. The summed E-state index contributed by atoms with van der Waals surface area (Å²) in [5, 5.41) is 1.47. The molecule has 0 N–H and O–H groups in total. The quantitative estimate of drug-likeness (QED) is 0.506. The minimum atomic E-state index is -0.315. The van der Waals surface area contributed by atoms with Crippen LogP contribution < -0.4 is 0 Å². The van der Waals surface area contributed by atoms with Crippen LogP contribution in [0.2, 0.25) is 5.02 Å². The summed E-state index contributed by atoms with van der Waals surface area (Å²) in [6, 6.07) is 15.2. The van der Waals surface area contributed by atoms with Crippen LogP contribution in [0.15, 0.2) is 48.5 Å². The molecule has 33 heavy (non-hydrogen) atoms. The van der Waals surface area contributed by atoms with Gasteiger partial charge in [0.2, 0.25) is 0 Å². The number of piperazine rings is 1. The van der Waals surface area contributed by atoms with Crippen LogP contribution in [-0.2, 0) is 4.74 Å². The van der Waals surface area contributed by atoms with E-state index in [0.717, 1.165) is 28.6 Å². The number of carbonyl (C=O) groups is 2. The molecule has 3 aromatic rings. The van der Waals surface area contributed by atoms with E-state index in [1.807, 2.05) is 63.2 Å². The van der Waals surface area contributed by atoms with Gasteiger partial charge in [-0.2, -0.15) is 0 Å². The minimum Gasteiger partial charge on any atom is -0.449 e. The van der Waals surface area contributed by atoms with Gasteiger partial charge in [-0.3, -0.25) is 4.79 Å². The number of rotatable bonds is 4. The first-order valence-corrected chi connectivity index (χ1v) is 11.7. The molecule has 6 nitrogen and oxygen atoms in total. The van der Waals surface area contributed by atoms with Crippen LogP contribution in [-0.4, -0.2) is 59.1 Å². The summed E-state index contributed by atoms with van der Waals surface area (Å²) in [4.78, 5) is 33.8. The zero-order valence-electron chi connectivity index (χ0n) is 19.2. The van der Waals surface area contributed by atoms with Crippen molar-refractivity contribution in [3.8, 4) is 11.3 Å². The van der Waals surface area contributed by atoms with Crippen molar-refractivity contribution in [2.45, 2.75) is 33.2 Å². The average Bonchev–Trinajstić information content (AvgIpc) is 2.84. The maximum Gasteiger partial charge on any atom is 0.410 e. The fraction of sp³-hybridized carbons (Fsp3) is 0.346. The second-order valence-corrected chi connectivity index (χ2v) is 8.78. The molecule has 0 saturated carbocycles. The zero-order valence-corrected chi connectivity index (χ0v) is 19.9. The Labute approximate surface area is 199 Å². The molecular formula is C26H28ClN3O3. The molecule has 7 heteroatoms. The Morgan fingerprint density at radius 1 is 1.15 bits per heavy atom. The number of nitrogens with zero attached hydrogens (tertiary/aromatic N) is 3. The highest BCUT2D eigenvalue weighted by atomic mass is 35.5. The molecule has 2 aromatic carbocycles. The van der Waals surface area contributed by atoms with E-state index in [1.165, 1.54) is 0 Å². The molecule has 0 radical (unpaired) electrons. The van der Waals surface area contributed by atoms with Crippen LogP contribution in [0.3, 0.4) is 0 Å².